The van der Waals surface area contributed by atoms with E-state index in [0.717, 1.165) is 34.4 Å². The third-order valence-corrected chi connectivity index (χ3v) is 5.97. The van der Waals surface area contributed by atoms with E-state index >= 15 is 0 Å². The van der Waals surface area contributed by atoms with Crippen molar-refractivity contribution in [3.63, 3.8) is 0 Å². The second-order valence-electron chi connectivity index (χ2n) is 7.80. The van der Waals surface area contributed by atoms with E-state index in [1.54, 1.807) is 0 Å². The lowest BCUT2D eigenvalue weighted by atomic mass is 9.88. The Kier molecular flexibility index (Phi) is 4.55. The van der Waals surface area contributed by atoms with Gasteiger partial charge in [-0.1, -0.05) is 92.9 Å². The number of hydrogen-bond donors (Lipinski definition) is 0. The fourth-order valence-electron chi connectivity index (χ4n) is 4.58. The number of rotatable bonds is 6. The highest BCUT2D eigenvalue weighted by Crippen LogP contribution is 2.41. The number of esters is 1. The Morgan fingerprint density at radius 3 is 2.17 bits per heavy atom. The van der Waals surface area contributed by atoms with Crippen molar-refractivity contribution in [2.75, 3.05) is 6.61 Å². The molecule has 0 radical (unpaired) electrons. The number of fused-ring (bicyclic) bond motifs is 2. The third-order valence-electron chi connectivity index (χ3n) is 5.97. The lowest BCUT2D eigenvalue weighted by molar-refractivity contribution is 0.0502. The smallest absolute Gasteiger partial charge is 0.339 e. The van der Waals surface area contributed by atoms with Gasteiger partial charge in [-0.2, -0.15) is 0 Å². The van der Waals surface area contributed by atoms with Crippen molar-refractivity contribution < 1.29 is 9.53 Å². The van der Waals surface area contributed by atoms with E-state index in [2.05, 4.69) is 55.5 Å². The molecule has 0 bridgehead atoms. The number of carbonyl (C=O) groups excluding carboxylic acids is 1. The second-order valence-corrected chi connectivity index (χ2v) is 7.80. The molecule has 0 unspecified atom stereocenters. The standard InChI is InChI=1S/C27H24O2/c1-2-3-4-7-17-29-27(28)26-21-12-6-5-11-20(21)22-15-13-18-9-8-10-19-14-16-23(26)25(22)24(18)19/h5-6,8-16H,2-4,7,17H2,1H3. The summed E-state index contributed by atoms with van der Waals surface area (Å²) >= 11 is 0. The summed E-state index contributed by atoms with van der Waals surface area (Å²) in [7, 11) is 0. The van der Waals surface area contributed by atoms with Gasteiger partial charge < -0.3 is 4.74 Å². The molecule has 0 saturated carbocycles. The first-order valence-electron chi connectivity index (χ1n) is 10.5. The summed E-state index contributed by atoms with van der Waals surface area (Å²) < 4.78 is 5.73. The summed E-state index contributed by atoms with van der Waals surface area (Å²) in [5.74, 6) is -0.212. The highest BCUT2D eigenvalue weighted by molar-refractivity contribution is 6.33. The van der Waals surface area contributed by atoms with E-state index in [9.17, 15) is 4.79 Å². The Bertz CT molecular complexity index is 1320. The summed E-state index contributed by atoms with van der Waals surface area (Å²) in [4.78, 5) is 13.2. The van der Waals surface area contributed by atoms with Crippen molar-refractivity contribution in [3.8, 4) is 0 Å². The van der Waals surface area contributed by atoms with Gasteiger partial charge in [-0.3, -0.25) is 0 Å². The van der Waals surface area contributed by atoms with E-state index in [0.29, 0.717) is 12.2 Å². The fraction of sp³-hybridized carbons (Fsp3) is 0.222. The maximum Gasteiger partial charge on any atom is 0.339 e. The molecule has 0 fully saturated rings. The number of ether oxygens (including phenoxy) is 1. The molecule has 0 heterocycles. The normalized spacial score (nSPS) is 11.8. The summed E-state index contributed by atoms with van der Waals surface area (Å²) in [6.07, 6.45) is 4.37. The summed E-state index contributed by atoms with van der Waals surface area (Å²) in [5, 5.41) is 9.06. The molecular formula is C27H24O2. The van der Waals surface area contributed by atoms with Crippen LogP contribution in [0.25, 0.3) is 43.1 Å². The fourth-order valence-corrected chi connectivity index (χ4v) is 4.58. The Labute approximate surface area is 170 Å². The monoisotopic (exact) mass is 380 g/mol. The topological polar surface area (TPSA) is 26.3 Å². The number of hydrogen-bond acceptors (Lipinski definition) is 2. The molecule has 5 aromatic carbocycles. The molecule has 0 amide bonds. The molecule has 0 atom stereocenters. The molecular weight excluding hydrogens is 356 g/mol. The largest absolute Gasteiger partial charge is 0.462 e. The first-order valence-corrected chi connectivity index (χ1v) is 10.5. The van der Waals surface area contributed by atoms with Crippen molar-refractivity contribution in [3.05, 3.63) is 72.3 Å². The van der Waals surface area contributed by atoms with E-state index in [4.69, 9.17) is 4.74 Å². The zero-order valence-corrected chi connectivity index (χ0v) is 16.7. The lowest BCUT2D eigenvalue weighted by Gasteiger charge is -2.17. The zero-order valence-electron chi connectivity index (χ0n) is 16.7. The van der Waals surface area contributed by atoms with Gasteiger partial charge in [0.15, 0.2) is 0 Å². The third kappa shape index (κ3) is 2.91. The Hall–Kier alpha value is -3.13. The molecule has 0 aliphatic heterocycles. The molecule has 2 heteroatoms. The Balaban J connectivity index is 1.74. The van der Waals surface area contributed by atoms with Crippen LogP contribution < -0.4 is 0 Å². The second kappa shape index (κ2) is 7.36. The number of carbonyl (C=O) groups is 1. The Morgan fingerprint density at radius 2 is 1.41 bits per heavy atom. The highest BCUT2D eigenvalue weighted by Gasteiger charge is 2.20. The summed E-state index contributed by atoms with van der Waals surface area (Å²) in [6.45, 7) is 2.66. The first-order chi connectivity index (χ1) is 14.3. The van der Waals surface area contributed by atoms with Crippen LogP contribution in [0.2, 0.25) is 0 Å². The average molecular weight is 380 g/mol. The van der Waals surface area contributed by atoms with Gasteiger partial charge in [-0.25, -0.2) is 4.79 Å². The molecule has 5 aromatic rings. The molecule has 0 saturated heterocycles. The predicted molar refractivity (Wildman–Crippen MR) is 122 cm³/mol. The van der Waals surface area contributed by atoms with Gasteiger partial charge in [0.25, 0.3) is 0 Å². The number of benzene rings is 5. The lowest BCUT2D eigenvalue weighted by Crippen LogP contribution is -2.08. The van der Waals surface area contributed by atoms with Crippen LogP contribution in [0, 0.1) is 0 Å². The highest BCUT2D eigenvalue weighted by atomic mass is 16.5. The van der Waals surface area contributed by atoms with Crippen molar-refractivity contribution in [2.45, 2.75) is 32.6 Å². The molecule has 29 heavy (non-hydrogen) atoms. The summed E-state index contributed by atoms with van der Waals surface area (Å²) in [6, 6.07) is 23.1. The molecule has 144 valence electrons. The molecule has 0 N–H and O–H groups in total. The van der Waals surface area contributed by atoms with Crippen molar-refractivity contribution in [1.82, 2.24) is 0 Å². The summed E-state index contributed by atoms with van der Waals surface area (Å²) in [5.41, 5.74) is 0.696. The van der Waals surface area contributed by atoms with Crippen molar-refractivity contribution in [1.29, 1.82) is 0 Å². The van der Waals surface area contributed by atoms with Crippen LogP contribution in [-0.4, -0.2) is 12.6 Å². The Morgan fingerprint density at radius 1 is 0.690 bits per heavy atom. The van der Waals surface area contributed by atoms with Crippen molar-refractivity contribution in [2.24, 2.45) is 0 Å². The molecule has 0 spiro atoms. The minimum absolute atomic E-state index is 0.212. The van der Waals surface area contributed by atoms with Gasteiger partial charge in [0.1, 0.15) is 0 Å². The molecule has 0 aliphatic rings. The van der Waals surface area contributed by atoms with E-state index < -0.39 is 0 Å². The number of unbranched alkanes of at least 4 members (excludes halogenated alkanes) is 3. The van der Waals surface area contributed by atoms with Crippen LogP contribution in [0.3, 0.4) is 0 Å². The van der Waals surface area contributed by atoms with E-state index in [1.165, 1.54) is 34.4 Å². The minimum atomic E-state index is -0.212. The predicted octanol–water partition coefficient (Wildman–Crippen LogP) is 7.47. The van der Waals surface area contributed by atoms with Crippen LogP contribution >= 0.6 is 0 Å². The van der Waals surface area contributed by atoms with Gasteiger partial charge in [-0.15, -0.1) is 0 Å². The maximum atomic E-state index is 13.2. The maximum absolute atomic E-state index is 13.2. The van der Waals surface area contributed by atoms with Crippen molar-refractivity contribution >= 4 is 49.1 Å². The van der Waals surface area contributed by atoms with E-state index in [-0.39, 0.29) is 5.97 Å². The molecule has 0 aromatic heterocycles. The van der Waals surface area contributed by atoms with Gasteiger partial charge >= 0.3 is 5.97 Å². The van der Waals surface area contributed by atoms with Crippen LogP contribution in [0.15, 0.2) is 66.7 Å². The van der Waals surface area contributed by atoms with Crippen LogP contribution in [0.5, 0.6) is 0 Å². The van der Waals surface area contributed by atoms with E-state index in [1.807, 2.05) is 18.2 Å². The zero-order chi connectivity index (χ0) is 19.8. The quantitative estimate of drug-likeness (QED) is 0.132. The SMILES string of the molecule is CCCCCCOC(=O)c1c2ccccc2c2ccc3cccc4ccc1c2c43. The van der Waals surface area contributed by atoms with Crippen LogP contribution in [0.4, 0.5) is 0 Å². The minimum Gasteiger partial charge on any atom is -0.462 e. The molecule has 0 aliphatic carbocycles. The molecule has 2 nitrogen and oxygen atoms in total. The van der Waals surface area contributed by atoms with Gasteiger partial charge in [0.2, 0.25) is 0 Å². The van der Waals surface area contributed by atoms with Gasteiger partial charge in [-0.05, 0) is 49.5 Å². The van der Waals surface area contributed by atoms with Gasteiger partial charge in [0, 0.05) is 0 Å². The van der Waals surface area contributed by atoms with Crippen LogP contribution in [-0.2, 0) is 4.74 Å². The first kappa shape index (κ1) is 17.9. The van der Waals surface area contributed by atoms with Gasteiger partial charge in [0.05, 0.1) is 12.2 Å². The average Bonchev–Trinajstić information content (AvgIpc) is 2.76. The van der Waals surface area contributed by atoms with Crippen LogP contribution in [0.1, 0.15) is 43.0 Å². The molecule has 5 rings (SSSR count).